The maximum Gasteiger partial charge on any atom is 0.274 e. The summed E-state index contributed by atoms with van der Waals surface area (Å²) in [7, 11) is 1.57. The average molecular weight is 336 g/mol. The molecule has 0 aliphatic carbocycles. The minimum absolute atomic E-state index is 0.221. The standard InChI is InChI=1S/C19H16N2O4/c1-23-14-6-2-5-13(11-14)19(22)21-16(18-8-4-10-25-18)12-15(20-21)17-7-3-9-24-17/h2-11,16H,12H2,1H3/t16-/m0/s1. The summed E-state index contributed by atoms with van der Waals surface area (Å²) in [6.07, 6.45) is 3.71. The zero-order valence-electron chi connectivity index (χ0n) is 13.6. The predicted molar refractivity (Wildman–Crippen MR) is 90.5 cm³/mol. The number of nitrogens with zero attached hydrogens (tertiary/aromatic N) is 2. The van der Waals surface area contributed by atoms with Gasteiger partial charge in [-0.1, -0.05) is 6.07 Å². The Hall–Kier alpha value is -3.28. The van der Waals surface area contributed by atoms with Gasteiger partial charge in [0.1, 0.15) is 29.0 Å². The lowest BCUT2D eigenvalue weighted by Crippen LogP contribution is -2.26. The second kappa shape index (κ2) is 6.32. The number of carbonyl (C=O) groups is 1. The molecule has 3 heterocycles. The van der Waals surface area contributed by atoms with Crippen LogP contribution in [0.2, 0.25) is 0 Å². The highest BCUT2D eigenvalue weighted by atomic mass is 16.5. The van der Waals surface area contributed by atoms with Crippen molar-refractivity contribution in [3.63, 3.8) is 0 Å². The van der Waals surface area contributed by atoms with Crippen molar-refractivity contribution in [2.75, 3.05) is 7.11 Å². The molecule has 25 heavy (non-hydrogen) atoms. The molecule has 3 aromatic rings. The van der Waals surface area contributed by atoms with E-state index in [4.69, 9.17) is 13.6 Å². The van der Waals surface area contributed by atoms with Crippen molar-refractivity contribution >= 4 is 11.6 Å². The quantitative estimate of drug-likeness (QED) is 0.725. The van der Waals surface area contributed by atoms with Crippen molar-refractivity contribution in [2.24, 2.45) is 5.10 Å². The molecule has 0 radical (unpaired) electrons. The van der Waals surface area contributed by atoms with Crippen LogP contribution in [0.1, 0.15) is 34.3 Å². The van der Waals surface area contributed by atoms with E-state index in [9.17, 15) is 4.79 Å². The highest BCUT2D eigenvalue weighted by molar-refractivity contribution is 6.03. The van der Waals surface area contributed by atoms with Crippen LogP contribution in [0.3, 0.4) is 0 Å². The second-order valence-electron chi connectivity index (χ2n) is 5.64. The number of rotatable bonds is 4. The highest BCUT2D eigenvalue weighted by Gasteiger charge is 2.36. The van der Waals surface area contributed by atoms with E-state index in [0.29, 0.717) is 35.0 Å². The van der Waals surface area contributed by atoms with Gasteiger partial charge in [0.05, 0.1) is 19.6 Å². The maximum absolute atomic E-state index is 13.0. The van der Waals surface area contributed by atoms with Crippen molar-refractivity contribution in [1.29, 1.82) is 0 Å². The first-order valence-electron chi connectivity index (χ1n) is 7.88. The molecular weight excluding hydrogens is 320 g/mol. The number of methoxy groups -OCH3 is 1. The van der Waals surface area contributed by atoms with Crippen LogP contribution in [0.25, 0.3) is 0 Å². The number of furan rings is 2. The van der Waals surface area contributed by atoms with Crippen LogP contribution in [-0.4, -0.2) is 23.7 Å². The summed E-state index contributed by atoms with van der Waals surface area (Å²) < 4.78 is 16.2. The van der Waals surface area contributed by atoms with Crippen LogP contribution in [0.15, 0.2) is 75.0 Å². The van der Waals surface area contributed by atoms with E-state index in [-0.39, 0.29) is 11.9 Å². The van der Waals surface area contributed by atoms with E-state index in [1.165, 1.54) is 5.01 Å². The van der Waals surface area contributed by atoms with E-state index < -0.39 is 0 Å². The SMILES string of the molecule is COc1cccc(C(=O)N2N=C(c3ccco3)C[C@H]2c2ccco2)c1. The van der Waals surface area contributed by atoms with E-state index in [1.54, 1.807) is 56.0 Å². The molecule has 0 bridgehead atoms. The fourth-order valence-corrected chi connectivity index (χ4v) is 2.88. The molecule has 0 fully saturated rings. The smallest absolute Gasteiger partial charge is 0.274 e. The molecule has 6 nitrogen and oxygen atoms in total. The Balaban J connectivity index is 1.71. The van der Waals surface area contributed by atoms with Crippen LogP contribution in [0.4, 0.5) is 0 Å². The first-order chi connectivity index (χ1) is 12.3. The summed E-state index contributed by atoms with van der Waals surface area (Å²) >= 11 is 0. The molecule has 4 rings (SSSR count). The number of hydrogen-bond donors (Lipinski definition) is 0. The summed E-state index contributed by atoms with van der Waals surface area (Å²) in [4.78, 5) is 13.0. The maximum atomic E-state index is 13.0. The summed E-state index contributed by atoms with van der Waals surface area (Å²) in [5, 5.41) is 5.96. The molecule has 1 amide bonds. The molecule has 0 spiro atoms. The predicted octanol–water partition coefficient (Wildman–Crippen LogP) is 3.87. The molecule has 1 atom stereocenters. The van der Waals surface area contributed by atoms with Crippen LogP contribution >= 0.6 is 0 Å². The monoisotopic (exact) mass is 336 g/mol. The summed E-state index contributed by atoms with van der Waals surface area (Å²) in [5.41, 5.74) is 1.21. The first-order valence-corrected chi connectivity index (χ1v) is 7.88. The van der Waals surface area contributed by atoms with Gasteiger partial charge < -0.3 is 13.6 Å². The fourth-order valence-electron chi connectivity index (χ4n) is 2.88. The van der Waals surface area contributed by atoms with Gasteiger partial charge in [0.15, 0.2) is 0 Å². The molecule has 0 unspecified atom stereocenters. The molecule has 1 aliphatic heterocycles. The lowest BCUT2D eigenvalue weighted by molar-refractivity contribution is 0.0692. The van der Waals surface area contributed by atoms with Crippen molar-refractivity contribution in [3.05, 3.63) is 78.1 Å². The van der Waals surface area contributed by atoms with Gasteiger partial charge in [-0.05, 0) is 42.5 Å². The van der Waals surface area contributed by atoms with Gasteiger partial charge in [0, 0.05) is 12.0 Å². The number of amides is 1. The summed E-state index contributed by atoms with van der Waals surface area (Å²) in [5.74, 6) is 1.73. The normalized spacial score (nSPS) is 16.8. The number of ether oxygens (including phenoxy) is 1. The largest absolute Gasteiger partial charge is 0.497 e. The van der Waals surface area contributed by atoms with Crippen molar-refractivity contribution in [2.45, 2.75) is 12.5 Å². The Labute approximate surface area is 144 Å². The number of benzene rings is 1. The van der Waals surface area contributed by atoms with Crippen molar-refractivity contribution < 1.29 is 18.4 Å². The molecule has 0 saturated heterocycles. The lowest BCUT2D eigenvalue weighted by atomic mass is 10.1. The zero-order chi connectivity index (χ0) is 17.2. The van der Waals surface area contributed by atoms with Crippen LogP contribution in [-0.2, 0) is 0 Å². The van der Waals surface area contributed by atoms with Gasteiger partial charge >= 0.3 is 0 Å². The van der Waals surface area contributed by atoms with Gasteiger partial charge in [-0.2, -0.15) is 5.10 Å². The van der Waals surface area contributed by atoms with E-state index >= 15 is 0 Å². The van der Waals surface area contributed by atoms with E-state index in [2.05, 4.69) is 5.10 Å². The third-order valence-electron chi connectivity index (χ3n) is 4.11. The van der Waals surface area contributed by atoms with Gasteiger partial charge in [0.2, 0.25) is 0 Å². The third-order valence-corrected chi connectivity index (χ3v) is 4.11. The number of hydrazone groups is 1. The molecule has 126 valence electrons. The lowest BCUT2D eigenvalue weighted by Gasteiger charge is -2.20. The highest BCUT2D eigenvalue weighted by Crippen LogP contribution is 2.34. The average Bonchev–Trinajstić information content (AvgIpc) is 3.41. The summed E-state index contributed by atoms with van der Waals surface area (Å²) in [6.45, 7) is 0. The van der Waals surface area contributed by atoms with Crippen LogP contribution in [0.5, 0.6) is 5.75 Å². The summed E-state index contributed by atoms with van der Waals surface area (Å²) in [6, 6.07) is 14.0. The third kappa shape index (κ3) is 2.82. The van der Waals surface area contributed by atoms with Gasteiger partial charge in [-0.3, -0.25) is 4.79 Å². The van der Waals surface area contributed by atoms with Crippen LogP contribution in [0, 0.1) is 0 Å². The van der Waals surface area contributed by atoms with Gasteiger partial charge in [0.25, 0.3) is 5.91 Å². The Morgan fingerprint density at radius 3 is 2.72 bits per heavy atom. The van der Waals surface area contributed by atoms with Crippen molar-refractivity contribution in [1.82, 2.24) is 5.01 Å². The van der Waals surface area contributed by atoms with E-state index in [1.807, 2.05) is 12.1 Å². The molecule has 6 heteroatoms. The van der Waals surface area contributed by atoms with Gasteiger partial charge in [-0.25, -0.2) is 5.01 Å². The topological polar surface area (TPSA) is 68.2 Å². The minimum Gasteiger partial charge on any atom is -0.497 e. The Morgan fingerprint density at radius 1 is 1.16 bits per heavy atom. The Morgan fingerprint density at radius 2 is 2.00 bits per heavy atom. The minimum atomic E-state index is -0.311. The van der Waals surface area contributed by atoms with Crippen molar-refractivity contribution in [3.8, 4) is 5.75 Å². The number of carbonyl (C=O) groups excluding carboxylic acids is 1. The zero-order valence-corrected chi connectivity index (χ0v) is 13.6. The molecular formula is C19H16N2O4. The number of hydrogen-bond acceptors (Lipinski definition) is 5. The molecule has 2 aromatic heterocycles. The Kier molecular flexibility index (Phi) is 3.85. The second-order valence-corrected chi connectivity index (χ2v) is 5.64. The van der Waals surface area contributed by atoms with E-state index in [0.717, 1.165) is 0 Å². The molecule has 1 aliphatic rings. The molecule has 1 aromatic carbocycles. The fraction of sp³-hybridized carbons (Fsp3) is 0.158. The molecule has 0 saturated carbocycles. The van der Waals surface area contributed by atoms with Gasteiger partial charge in [-0.15, -0.1) is 0 Å². The first kappa shape index (κ1) is 15.3. The van der Waals surface area contributed by atoms with Crippen LogP contribution < -0.4 is 4.74 Å². The Bertz CT molecular complexity index is 897. The molecule has 0 N–H and O–H groups in total.